The van der Waals surface area contributed by atoms with Crippen molar-refractivity contribution in [2.45, 2.75) is 0 Å². The molecule has 0 saturated carbocycles. The molecule has 1 amide bonds. The molecule has 0 radical (unpaired) electrons. The summed E-state index contributed by atoms with van der Waals surface area (Å²) in [5.74, 6) is 0.244. The smallest absolute Gasteiger partial charge is 0.269 e. The summed E-state index contributed by atoms with van der Waals surface area (Å²) in [5.41, 5.74) is 0. The maximum atomic E-state index is 11.7. The Labute approximate surface area is 98.3 Å². The van der Waals surface area contributed by atoms with Crippen LogP contribution >= 0.6 is 27.3 Å². The molecule has 0 saturated heterocycles. The van der Waals surface area contributed by atoms with Crippen LogP contribution < -0.4 is 5.32 Å². The van der Waals surface area contributed by atoms with Gasteiger partial charge in [-0.25, -0.2) is 0 Å². The highest BCUT2D eigenvalue weighted by atomic mass is 79.9. The highest BCUT2D eigenvalue weighted by Crippen LogP contribution is 2.23. The molecule has 0 fully saturated rings. The van der Waals surface area contributed by atoms with Gasteiger partial charge in [-0.3, -0.25) is 10.1 Å². The number of halogens is 1. The normalized spacial score (nSPS) is 10.3. The van der Waals surface area contributed by atoms with Gasteiger partial charge in [-0.1, -0.05) is 0 Å². The molecular formula is C8H7BrN4OS. The first kappa shape index (κ1) is 10.3. The van der Waals surface area contributed by atoms with Gasteiger partial charge in [-0.05, 0) is 27.4 Å². The largest absolute Gasteiger partial charge is 0.303 e. The van der Waals surface area contributed by atoms with E-state index in [2.05, 4.69) is 31.4 Å². The Hall–Kier alpha value is -1.21. The van der Waals surface area contributed by atoms with E-state index in [0.717, 1.165) is 4.47 Å². The highest BCUT2D eigenvalue weighted by Gasteiger charge is 2.13. The van der Waals surface area contributed by atoms with Crippen LogP contribution in [0.25, 0.3) is 0 Å². The zero-order valence-electron chi connectivity index (χ0n) is 7.77. The number of nitrogens with zero attached hydrogens (tertiary/aromatic N) is 3. The van der Waals surface area contributed by atoms with Gasteiger partial charge in [0.1, 0.15) is 11.2 Å². The molecule has 5 nitrogen and oxygen atoms in total. The lowest BCUT2D eigenvalue weighted by Crippen LogP contribution is -2.14. The molecule has 15 heavy (non-hydrogen) atoms. The monoisotopic (exact) mass is 286 g/mol. The molecule has 0 aliphatic rings. The summed E-state index contributed by atoms with van der Waals surface area (Å²) in [7, 11) is 1.76. The number of rotatable bonds is 2. The Kier molecular flexibility index (Phi) is 2.83. The van der Waals surface area contributed by atoms with Crippen molar-refractivity contribution in [2.75, 3.05) is 5.32 Å². The second-order valence-electron chi connectivity index (χ2n) is 2.82. The van der Waals surface area contributed by atoms with Crippen molar-refractivity contribution in [3.05, 3.63) is 27.1 Å². The SMILES string of the molecule is Cn1cnnc1NC(=O)c1sccc1Br. The summed E-state index contributed by atoms with van der Waals surface area (Å²) in [6, 6.07) is 1.83. The van der Waals surface area contributed by atoms with Gasteiger partial charge in [-0.15, -0.1) is 21.5 Å². The molecule has 2 aromatic rings. The van der Waals surface area contributed by atoms with Gasteiger partial charge >= 0.3 is 0 Å². The maximum Gasteiger partial charge on any atom is 0.269 e. The maximum absolute atomic E-state index is 11.7. The van der Waals surface area contributed by atoms with E-state index in [0.29, 0.717) is 10.8 Å². The van der Waals surface area contributed by atoms with Crippen molar-refractivity contribution >= 4 is 39.1 Å². The minimum Gasteiger partial charge on any atom is -0.303 e. The van der Waals surface area contributed by atoms with Crippen LogP contribution in [0, 0.1) is 0 Å². The van der Waals surface area contributed by atoms with Crippen molar-refractivity contribution in [2.24, 2.45) is 7.05 Å². The summed E-state index contributed by atoms with van der Waals surface area (Å²) in [6.45, 7) is 0. The minimum atomic E-state index is -0.187. The second-order valence-corrected chi connectivity index (χ2v) is 4.59. The molecule has 0 atom stereocenters. The first-order chi connectivity index (χ1) is 7.18. The van der Waals surface area contributed by atoms with Crippen LogP contribution in [-0.2, 0) is 7.05 Å². The van der Waals surface area contributed by atoms with E-state index in [1.807, 2.05) is 11.4 Å². The number of aryl methyl sites for hydroxylation is 1. The van der Waals surface area contributed by atoms with E-state index >= 15 is 0 Å². The number of thiophene rings is 1. The fourth-order valence-electron chi connectivity index (χ4n) is 1.01. The molecule has 2 rings (SSSR count). The number of nitrogens with one attached hydrogen (secondary N) is 1. The van der Waals surface area contributed by atoms with Crippen LogP contribution in [0.2, 0.25) is 0 Å². The van der Waals surface area contributed by atoms with Gasteiger partial charge in [0.15, 0.2) is 0 Å². The molecule has 0 spiro atoms. The Morgan fingerprint density at radius 2 is 2.47 bits per heavy atom. The molecule has 78 valence electrons. The second kappa shape index (κ2) is 4.11. The van der Waals surface area contributed by atoms with Crippen LogP contribution in [0.1, 0.15) is 9.67 Å². The Morgan fingerprint density at radius 3 is 3.00 bits per heavy atom. The highest BCUT2D eigenvalue weighted by molar-refractivity contribution is 9.10. The average Bonchev–Trinajstić information content (AvgIpc) is 2.76. The molecular weight excluding hydrogens is 280 g/mol. The van der Waals surface area contributed by atoms with Crippen molar-refractivity contribution in [1.29, 1.82) is 0 Å². The summed E-state index contributed by atoms with van der Waals surface area (Å²) >= 11 is 4.67. The van der Waals surface area contributed by atoms with E-state index in [4.69, 9.17) is 0 Å². The summed E-state index contributed by atoms with van der Waals surface area (Å²) in [5, 5.41) is 11.9. The lowest BCUT2D eigenvalue weighted by molar-refractivity contribution is 0.102. The van der Waals surface area contributed by atoms with E-state index in [1.54, 1.807) is 11.6 Å². The zero-order valence-corrected chi connectivity index (χ0v) is 10.2. The fraction of sp³-hybridized carbons (Fsp3) is 0.125. The zero-order chi connectivity index (χ0) is 10.8. The van der Waals surface area contributed by atoms with Crippen LogP contribution in [0.4, 0.5) is 5.95 Å². The number of anilines is 1. The van der Waals surface area contributed by atoms with Crippen molar-refractivity contribution in [3.8, 4) is 0 Å². The molecule has 0 unspecified atom stereocenters. The Balaban J connectivity index is 2.18. The number of amides is 1. The van der Waals surface area contributed by atoms with Gasteiger partial charge in [0.25, 0.3) is 5.91 Å². The van der Waals surface area contributed by atoms with Gasteiger partial charge in [-0.2, -0.15) is 0 Å². The van der Waals surface area contributed by atoms with Gasteiger partial charge in [0.2, 0.25) is 5.95 Å². The van der Waals surface area contributed by atoms with Gasteiger partial charge in [0.05, 0.1) is 0 Å². The number of carbonyl (C=O) groups excluding carboxylic acids is 1. The first-order valence-corrected chi connectivity index (χ1v) is 5.74. The average molecular weight is 287 g/mol. The van der Waals surface area contributed by atoms with Crippen LogP contribution in [-0.4, -0.2) is 20.7 Å². The fourth-order valence-corrected chi connectivity index (χ4v) is 2.46. The predicted octanol–water partition coefficient (Wildman–Crippen LogP) is 1.89. The number of aromatic nitrogens is 3. The number of hydrogen-bond donors (Lipinski definition) is 1. The Bertz CT molecular complexity index is 492. The summed E-state index contributed by atoms with van der Waals surface area (Å²) in [4.78, 5) is 12.4. The third kappa shape index (κ3) is 2.07. The lowest BCUT2D eigenvalue weighted by atomic mass is 10.4. The molecule has 7 heteroatoms. The van der Waals surface area contributed by atoms with Crippen LogP contribution in [0.5, 0.6) is 0 Å². The predicted molar refractivity (Wildman–Crippen MR) is 61.0 cm³/mol. The van der Waals surface area contributed by atoms with Crippen LogP contribution in [0.3, 0.4) is 0 Å². The molecule has 0 bridgehead atoms. The summed E-state index contributed by atoms with van der Waals surface area (Å²) < 4.78 is 2.42. The standard InChI is InChI=1S/C8H7BrN4OS/c1-13-4-10-12-8(13)11-7(14)6-5(9)2-3-15-6/h2-4H,1H3,(H,11,12,14). The number of carbonyl (C=O) groups is 1. The third-order valence-electron chi connectivity index (χ3n) is 1.76. The number of hydrogen-bond acceptors (Lipinski definition) is 4. The quantitative estimate of drug-likeness (QED) is 0.917. The minimum absolute atomic E-state index is 0.187. The van der Waals surface area contributed by atoms with Crippen LogP contribution in [0.15, 0.2) is 22.2 Å². The lowest BCUT2D eigenvalue weighted by Gasteiger charge is -2.01. The molecule has 0 aromatic carbocycles. The van der Waals surface area contributed by atoms with Crippen molar-refractivity contribution in [1.82, 2.24) is 14.8 Å². The molecule has 1 N–H and O–H groups in total. The molecule has 0 aliphatic heterocycles. The van der Waals surface area contributed by atoms with Crippen molar-refractivity contribution < 1.29 is 4.79 Å². The van der Waals surface area contributed by atoms with E-state index in [-0.39, 0.29) is 5.91 Å². The van der Waals surface area contributed by atoms with Gasteiger partial charge in [0, 0.05) is 11.5 Å². The first-order valence-electron chi connectivity index (χ1n) is 4.07. The topological polar surface area (TPSA) is 59.8 Å². The van der Waals surface area contributed by atoms with E-state index in [1.165, 1.54) is 17.7 Å². The van der Waals surface area contributed by atoms with Crippen molar-refractivity contribution in [3.63, 3.8) is 0 Å². The third-order valence-corrected chi connectivity index (χ3v) is 3.60. The van der Waals surface area contributed by atoms with Gasteiger partial charge < -0.3 is 4.57 Å². The molecule has 2 heterocycles. The molecule has 2 aromatic heterocycles. The van der Waals surface area contributed by atoms with E-state index < -0.39 is 0 Å². The summed E-state index contributed by atoms with van der Waals surface area (Å²) in [6.07, 6.45) is 1.53. The Morgan fingerprint density at radius 1 is 1.67 bits per heavy atom. The van der Waals surface area contributed by atoms with E-state index in [9.17, 15) is 4.79 Å². The molecule has 0 aliphatic carbocycles.